The molecule has 0 saturated heterocycles. The fourth-order valence-corrected chi connectivity index (χ4v) is 0.482. The van der Waals surface area contributed by atoms with Gasteiger partial charge < -0.3 is 79.8 Å². The molecule has 0 amide bonds. The number of rotatable bonds is 8. The van der Waals surface area contributed by atoms with Gasteiger partial charge in [0, 0.05) is 24.8 Å². The van der Waals surface area contributed by atoms with Gasteiger partial charge in [-0.05, 0) is 13.8 Å². The van der Waals surface area contributed by atoms with Crippen LogP contribution in [0.4, 0.5) is 0 Å². The van der Waals surface area contributed by atoms with Crippen LogP contribution in [0.3, 0.4) is 0 Å². The average Bonchev–Trinajstić information content (AvgIpc) is 2.54. The van der Waals surface area contributed by atoms with E-state index in [0.717, 1.165) is 13.8 Å². The Morgan fingerprint density at radius 2 is 0.667 bits per heavy atom. The molecule has 4 atom stereocenters. The molecule has 0 heterocycles. The van der Waals surface area contributed by atoms with Gasteiger partial charge in [-0.1, -0.05) is 0 Å². The minimum absolute atomic E-state index is 0. The Balaban J connectivity index is -0.0000000539. The number of carbonyl (C=O) groups is 6. The molecule has 0 bridgehead atoms. The van der Waals surface area contributed by atoms with Gasteiger partial charge in [0.05, 0.1) is 48.3 Å². The van der Waals surface area contributed by atoms with Crippen LogP contribution in [0.25, 0.3) is 0 Å². The molecule has 0 aliphatic heterocycles. The van der Waals surface area contributed by atoms with E-state index in [1.165, 1.54) is 0 Å². The maximum Gasteiger partial charge on any atom is 2.00 e. The number of hydrogen-bond acceptors (Lipinski definition) is 16. The molecule has 4 N–H and O–H groups in total. The van der Waals surface area contributed by atoms with Gasteiger partial charge in [0.15, 0.2) is 0 Å². The van der Waals surface area contributed by atoms with E-state index >= 15 is 0 Å². The molecule has 33 heavy (non-hydrogen) atoms. The van der Waals surface area contributed by atoms with Crippen molar-refractivity contribution >= 4 is 149 Å². The first kappa shape index (κ1) is 50.3. The van der Waals surface area contributed by atoms with Gasteiger partial charge in [0.1, 0.15) is 0 Å². The average molecular weight is 563 g/mol. The maximum atomic E-state index is 9.58. The van der Waals surface area contributed by atoms with E-state index in [0.29, 0.717) is 0 Å². The Hall–Kier alpha value is 0.439. The number of aliphatic carboxylic acids is 6. The van der Waals surface area contributed by atoms with Gasteiger partial charge in [-0.2, -0.15) is 0 Å². The molecule has 0 spiro atoms. The van der Waals surface area contributed by atoms with E-state index in [4.69, 9.17) is 20.4 Å². The van der Waals surface area contributed by atoms with E-state index in [-0.39, 0.29) is 113 Å². The third-order valence-corrected chi connectivity index (χ3v) is 1.95. The summed E-state index contributed by atoms with van der Waals surface area (Å²) in [5.74, 6) is -9.72. The van der Waals surface area contributed by atoms with Crippen molar-refractivity contribution in [1.82, 2.24) is 0 Å². The number of aliphatic hydroxyl groups is 4. The second-order valence-electron chi connectivity index (χ2n) is 4.81. The molecule has 0 aromatic rings. The van der Waals surface area contributed by atoms with Crippen molar-refractivity contribution in [1.29, 1.82) is 0 Å². The largest absolute Gasteiger partial charge is 2.00 e. The minimum atomic E-state index is -1.96. The van der Waals surface area contributed by atoms with Crippen LogP contribution in [-0.4, -0.2) is 194 Å². The van der Waals surface area contributed by atoms with Crippen LogP contribution in [0.1, 0.15) is 26.7 Å². The van der Waals surface area contributed by atoms with E-state index < -0.39 is 73.1 Å². The van der Waals surface area contributed by atoms with Crippen LogP contribution >= 0.6 is 0 Å². The van der Waals surface area contributed by atoms with Gasteiger partial charge in [-0.25, -0.2) is 0 Å². The fraction of sp³-hybridized carbons (Fsp3) is 0.571. The molecule has 176 valence electrons. The number of hydrogen-bond donors (Lipinski definition) is 4. The van der Waals surface area contributed by atoms with Crippen molar-refractivity contribution < 1.29 is 79.8 Å². The van der Waals surface area contributed by atoms with Crippen LogP contribution < -0.4 is 30.6 Å². The third kappa shape index (κ3) is 50.3. The van der Waals surface area contributed by atoms with E-state index in [2.05, 4.69) is 0 Å². The van der Waals surface area contributed by atoms with Crippen LogP contribution in [0, 0.1) is 0 Å². The maximum absolute atomic E-state index is 9.58. The molecule has 0 fully saturated rings. The van der Waals surface area contributed by atoms with Gasteiger partial charge >= 0.3 is 113 Å². The Labute approximate surface area is 276 Å². The molecule has 0 aliphatic carbocycles. The summed E-state index contributed by atoms with van der Waals surface area (Å²) in [5, 5.41) is 89.3. The molecule has 19 heteroatoms. The van der Waals surface area contributed by atoms with E-state index in [1.54, 1.807) is 0 Å². The summed E-state index contributed by atoms with van der Waals surface area (Å²) in [7, 11) is 0. The zero-order chi connectivity index (χ0) is 25.2. The smallest absolute Gasteiger partial charge is 0.550 e. The SMILES string of the molecule is CC(O)C(=O)[O-].CC(O)C(=O)[O-].O=C([O-])CC(O)C(=O)[O-].O=C([O-])CC(O)C(=O)[O-].[Ca+2].[Ca+2].[Ca+2]. The molecular formula is C14H18Ca3O16. The monoisotopic (exact) mass is 562 g/mol. The Morgan fingerprint density at radius 1 is 0.515 bits per heavy atom. The number of aliphatic hydroxyl groups excluding tert-OH is 4. The quantitative estimate of drug-likeness (QED) is 0.199. The first-order valence-electron chi connectivity index (χ1n) is 7.32. The zero-order valence-corrected chi connectivity index (χ0v) is 24.2. The van der Waals surface area contributed by atoms with Crippen molar-refractivity contribution in [3.63, 3.8) is 0 Å². The van der Waals surface area contributed by atoms with Crippen molar-refractivity contribution in [3.05, 3.63) is 0 Å². The van der Waals surface area contributed by atoms with Crippen molar-refractivity contribution in [2.45, 2.75) is 51.1 Å². The molecule has 0 aromatic carbocycles. The van der Waals surface area contributed by atoms with Crippen LogP contribution in [0.2, 0.25) is 0 Å². The Kier molecular flexibility index (Phi) is 46.5. The fourth-order valence-electron chi connectivity index (χ4n) is 0.482. The molecule has 0 radical (unpaired) electrons. The van der Waals surface area contributed by atoms with Gasteiger partial charge in [0.25, 0.3) is 0 Å². The standard InChI is InChI=1S/2C4H6O5.2C3H6O3.3Ca/c2*5-2(4(8)9)1-3(6)7;2*1-2(4)3(5)6;;;/h2*2,5H,1H2,(H,6,7)(H,8,9);2*2,4H,1H3,(H,5,6);;;/q;;;;3*+2/p-6. The van der Waals surface area contributed by atoms with E-state index in [1.807, 2.05) is 0 Å². The summed E-state index contributed by atoms with van der Waals surface area (Å²) in [4.78, 5) is 56.9. The van der Waals surface area contributed by atoms with Crippen LogP contribution in [0.15, 0.2) is 0 Å². The zero-order valence-electron chi connectivity index (χ0n) is 17.5. The number of carboxylic acid groups (broad SMARTS) is 6. The summed E-state index contributed by atoms with van der Waals surface area (Å²) in [6, 6.07) is 0. The van der Waals surface area contributed by atoms with Gasteiger partial charge in [0.2, 0.25) is 0 Å². The second kappa shape index (κ2) is 30.5. The molecule has 0 aromatic heterocycles. The number of carboxylic acids is 6. The van der Waals surface area contributed by atoms with Crippen molar-refractivity contribution in [3.8, 4) is 0 Å². The van der Waals surface area contributed by atoms with Crippen LogP contribution in [0.5, 0.6) is 0 Å². The van der Waals surface area contributed by atoms with Crippen molar-refractivity contribution in [2.75, 3.05) is 0 Å². The minimum Gasteiger partial charge on any atom is -0.550 e. The summed E-state index contributed by atoms with van der Waals surface area (Å²) in [6.07, 6.45) is -8.47. The molecule has 0 rings (SSSR count). The molecular weight excluding hydrogens is 544 g/mol. The van der Waals surface area contributed by atoms with Gasteiger partial charge in [-0.3, -0.25) is 0 Å². The normalized spacial score (nSPS) is 11.8. The summed E-state index contributed by atoms with van der Waals surface area (Å²) < 4.78 is 0. The first-order valence-corrected chi connectivity index (χ1v) is 7.32. The van der Waals surface area contributed by atoms with Crippen molar-refractivity contribution in [2.24, 2.45) is 0 Å². The predicted molar refractivity (Wildman–Crippen MR) is 91.9 cm³/mol. The van der Waals surface area contributed by atoms with E-state index in [9.17, 15) is 59.4 Å². The van der Waals surface area contributed by atoms with Crippen LogP contribution in [-0.2, 0) is 28.8 Å². The Bertz CT molecular complexity index is 531. The first-order chi connectivity index (χ1) is 13.4. The molecule has 0 saturated carbocycles. The van der Waals surface area contributed by atoms with Gasteiger partial charge in [-0.15, -0.1) is 0 Å². The molecule has 4 unspecified atom stereocenters. The number of carbonyl (C=O) groups excluding carboxylic acids is 6. The second-order valence-corrected chi connectivity index (χ2v) is 4.81. The molecule has 0 aliphatic rings. The molecule has 16 nitrogen and oxygen atoms in total. The third-order valence-electron chi connectivity index (χ3n) is 1.95. The summed E-state index contributed by atoms with van der Waals surface area (Å²) in [6.45, 7) is 2.27. The predicted octanol–water partition coefficient (Wildman–Crippen LogP) is -12.4. The topological polar surface area (TPSA) is 322 Å². The summed E-state index contributed by atoms with van der Waals surface area (Å²) >= 11 is 0. The Morgan fingerprint density at radius 3 is 0.697 bits per heavy atom. The summed E-state index contributed by atoms with van der Waals surface area (Å²) in [5.41, 5.74) is 0.